The average molecular weight is 287 g/mol. The van der Waals surface area contributed by atoms with Crippen molar-refractivity contribution in [2.75, 3.05) is 29.9 Å². The van der Waals surface area contributed by atoms with Crippen molar-refractivity contribution in [1.82, 2.24) is 0 Å². The van der Waals surface area contributed by atoms with E-state index in [1.165, 1.54) is 18.5 Å². The summed E-state index contributed by atoms with van der Waals surface area (Å²) in [7, 11) is 0. The number of hydrogen-bond donors (Lipinski definition) is 1. The van der Waals surface area contributed by atoms with Crippen LogP contribution in [0, 0.1) is 5.92 Å². The minimum absolute atomic E-state index is 0.603. The molecule has 0 unspecified atom stereocenters. The van der Waals surface area contributed by atoms with Crippen LogP contribution in [0.25, 0.3) is 0 Å². The third-order valence-corrected chi connectivity index (χ3v) is 3.91. The van der Waals surface area contributed by atoms with E-state index < -0.39 is 0 Å². The SMILES string of the molecule is CC(C)CNc1cc(Cl)c(Cl)cc1N1CCCC1. The standard InChI is InChI=1S/C14H20Cl2N2/c1-10(2)9-17-13-7-11(15)12(16)8-14(13)18-5-3-4-6-18/h7-8,10,17H,3-6,9H2,1-2H3. The van der Waals surface area contributed by atoms with E-state index in [2.05, 4.69) is 24.1 Å². The fourth-order valence-electron chi connectivity index (χ4n) is 2.21. The number of nitrogens with zero attached hydrogens (tertiary/aromatic N) is 1. The lowest BCUT2D eigenvalue weighted by molar-refractivity contribution is 0.688. The summed E-state index contributed by atoms with van der Waals surface area (Å²) in [5, 5.41) is 4.72. The summed E-state index contributed by atoms with van der Waals surface area (Å²) >= 11 is 12.3. The highest BCUT2D eigenvalue weighted by molar-refractivity contribution is 6.42. The smallest absolute Gasteiger partial charge is 0.0618 e. The van der Waals surface area contributed by atoms with Gasteiger partial charge in [0.25, 0.3) is 0 Å². The lowest BCUT2D eigenvalue weighted by Crippen LogP contribution is -2.20. The summed E-state index contributed by atoms with van der Waals surface area (Å²) in [4.78, 5) is 2.38. The van der Waals surface area contributed by atoms with Crippen LogP contribution in [0.4, 0.5) is 11.4 Å². The lowest BCUT2D eigenvalue weighted by atomic mass is 10.2. The topological polar surface area (TPSA) is 15.3 Å². The Morgan fingerprint density at radius 3 is 2.39 bits per heavy atom. The highest BCUT2D eigenvalue weighted by Crippen LogP contribution is 2.36. The summed E-state index contributed by atoms with van der Waals surface area (Å²) in [6.07, 6.45) is 2.51. The van der Waals surface area contributed by atoms with Gasteiger partial charge in [-0.3, -0.25) is 0 Å². The van der Waals surface area contributed by atoms with Crippen molar-refractivity contribution in [2.45, 2.75) is 26.7 Å². The molecule has 1 aromatic carbocycles. The highest BCUT2D eigenvalue weighted by atomic mass is 35.5. The van der Waals surface area contributed by atoms with E-state index in [0.717, 1.165) is 25.3 Å². The first kappa shape index (κ1) is 13.8. The van der Waals surface area contributed by atoms with E-state index in [0.29, 0.717) is 16.0 Å². The monoisotopic (exact) mass is 286 g/mol. The minimum atomic E-state index is 0.603. The fourth-order valence-corrected chi connectivity index (χ4v) is 2.53. The Morgan fingerprint density at radius 2 is 1.78 bits per heavy atom. The van der Waals surface area contributed by atoms with E-state index in [1.54, 1.807) is 0 Å². The predicted octanol–water partition coefficient (Wildman–Crippen LogP) is 4.66. The van der Waals surface area contributed by atoms with Gasteiger partial charge >= 0.3 is 0 Å². The van der Waals surface area contributed by atoms with Crippen LogP contribution < -0.4 is 10.2 Å². The molecule has 0 aliphatic carbocycles. The van der Waals surface area contributed by atoms with Crippen molar-refractivity contribution in [3.05, 3.63) is 22.2 Å². The molecular weight excluding hydrogens is 267 g/mol. The molecule has 0 aromatic heterocycles. The number of rotatable bonds is 4. The Kier molecular flexibility index (Phi) is 4.63. The number of anilines is 2. The van der Waals surface area contributed by atoms with Crippen LogP contribution in [0.5, 0.6) is 0 Å². The number of nitrogens with one attached hydrogen (secondary N) is 1. The van der Waals surface area contributed by atoms with E-state index in [1.807, 2.05) is 12.1 Å². The van der Waals surface area contributed by atoms with E-state index in [4.69, 9.17) is 23.2 Å². The maximum absolute atomic E-state index is 6.14. The van der Waals surface area contributed by atoms with Gasteiger partial charge in [-0.05, 0) is 30.9 Å². The molecule has 1 aliphatic rings. The van der Waals surface area contributed by atoms with Gasteiger partial charge in [-0.25, -0.2) is 0 Å². The van der Waals surface area contributed by atoms with E-state index in [-0.39, 0.29) is 0 Å². The Balaban J connectivity index is 2.26. The molecule has 1 fully saturated rings. The molecule has 0 atom stereocenters. The Hall–Kier alpha value is -0.600. The quantitative estimate of drug-likeness (QED) is 0.866. The van der Waals surface area contributed by atoms with Crippen molar-refractivity contribution < 1.29 is 0 Å². The Bertz CT molecular complexity index is 413. The van der Waals surface area contributed by atoms with Gasteiger partial charge in [0.15, 0.2) is 0 Å². The largest absolute Gasteiger partial charge is 0.383 e. The molecule has 4 heteroatoms. The molecule has 0 spiro atoms. The molecule has 100 valence electrons. The third kappa shape index (κ3) is 3.24. The van der Waals surface area contributed by atoms with E-state index in [9.17, 15) is 0 Å². The summed E-state index contributed by atoms with van der Waals surface area (Å²) in [6, 6.07) is 3.93. The zero-order chi connectivity index (χ0) is 13.1. The molecule has 2 rings (SSSR count). The van der Waals surface area contributed by atoms with Gasteiger partial charge < -0.3 is 10.2 Å². The van der Waals surface area contributed by atoms with Crippen LogP contribution in [0.2, 0.25) is 10.0 Å². The van der Waals surface area contributed by atoms with Gasteiger partial charge in [0.2, 0.25) is 0 Å². The Morgan fingerprint density at radius 1 is 1.17 bits per heavy atom. The highest BCUT2D eigenvalue weighted by Gasteiger charge is 2.17. The van der Waals surface area contributed by atoms with Crippen LogP contribution in [-0.2, 0) is 0 Å². The molecule has 0 amide bonds. The second-order valence-electron chi connectivity index (χ2n) is 5.25. The van der Waals surface area contributed by atoms with Crippen molar-refractivity contribution in [1.29, 1.82) is 0 Å². The molecule has 1 aliphatic heterocycles. The van der Waals surface area contributed by atoms with Gasteiger partial charge in [0.1, 0.15) is 0 Å². The van der Waals surface area contributed by atoms with Gasteiger partial charge in [-0.1, -0.05) is 37.0 Å². The lowest BCUT2D eigenvalue weighted by Gasteiger charge is -2.23. The number of hydrogen-bond acceptors (Lipinski definition) is 2. The average Bonchev–Trinajstić information content (AvgIpc) is 2.83. The third-order valence-electron chi connectivity index (χ3n) is 3.19. The molecule has 1 N–H and O–H groups in total. The van der Waals surface area contributed by atoms with Crippen LogP contribution >= 0.6 is 23.2 Å². The van der Waals surface area contributed by atoms with Crippen molar-refractivity contribution >= 4 is 34.6 Å². The first-order chi connectivity index (χ1) is 8.58. The van der Waals surface area contributed by atoms with Gasteiger partial charge in [0.05, 0.1) is 21.4 Å². The van der Waals surface area contributed by atoms with E-state index >= 15 is 0 Å². The molecule has 0 bridgehead atoms. The number of halogens is 2. The van der Waals surface area contributed by atoms with Crippen molar-refractivity contribution in [3.63, 3.8) is 0 Å². The summed E-state index contributed by atoms with van der Waals surface area (Å²) in [6.45, 7) is 7.54. The zero-order valence-corrected chi connectivity index (χ0v) is 12.5. The maximum Gasteiger partial charge on any atom is 0.0618 e. The molecular formula is C14H20Cl2N2. The fraction of sp³-hybridized carbons (Fsp3) is 0.571. The molecule has 0 radical (unpaired) electrons. The minimum Gasteiger partial charge on any atom is -0.383 e. The summed E-state index contributed by atoms with van der Waals surface area (Å²) < 4.78 is 0. The predicted molar refractivity (Wildman–Crippen MR) is 81.2 cm³/mol. The normalized spacial score (nSPS) is 15.5. The molecule has 1 aromatic rings. The molecule has 0 saturated carbocycles. The van der Waals surface area contributed by atoms with Gasteiger partial charge in [-0.2, -0.15) is 0 Å². The zero-order valence-electron chi connectivity index (χ0n) is 11.0. The molecule has 1 saturated heterocycles. The first-order valence-electron chi connectivity index (χ1n) is 6.56. The van der Waals surface area contributed by atoms with Crippen LogP contribution in [0.1, 0.15) is 26.7 Å². The van der Waals surface area contributed by atoms with Crippen molar-refractivity contribution in [3.8, 4) is 0 Å². The van der Waals surface area contributed by atoms with Gasteiger partial charge in [-0.15, -0.1) is 0 Å². The van der Waals surface area contributed by atoms with Crippen LogP contribution in [-0.4, -0.2) is 19.6 Å². The Labute approximate surface area is 119 Å². The van der Waals surface area contributed by atoms with Crippen LogP contribution in [0.15, 0.2) is 12.1 Å². The summed E-state index contributed by atoms with van der Waals surface area (Å²) in [5.74, 6) is 0.603. The second kappa shape index (κ2) is 6.03. The molecule has 2 nitrogen and oxygen atoms in total. The maximum atomic E-state index is 6.14. The second-order valence-corrected chi connectivity index (χ2v) is 6.07. The van der Waals surface area contributed by atoms with Gasteiger partial charge in [0, 0.05) is 19.6 Å². The van der Waals surface area contributed by atoms with Crippen molar-refractivity contribution in [2.24, 2.45) is 5.92 Å². The molecule has 1 heterocycles. The summed E-state index contributed by atoms with van der Waals surface area (Å²) in [5.41, 5.74) is 2.28. The number of benzene rings is 1. The van der Waals surface area contributed by atoms with Crippen LogP contribution in [0.3, 0.4) is 0 Å². The molecule has 18 heavy (non-hydrogen) atoms. The first-order valence-corrected chi connectivity index (χ1v) is 7.31.